The topological polar surface area (TPSA) is 50.1 Å². The van der Waals surface area contributed by atoms with Gasteiger partial charge in [0.05, 0.1) is 5.69 Å². The smallest absolute Gasteiger partial charge is 0.0518 e. The van der Waals surface area contributed by atoms with Gasteiger partial charge in [-0.25, -0.2) is 0 Å². The summed E-state index contributed by atoms with van der Waals surface area (Å²) in [6.07, 6.45) is 3.31. The van der Waals surface area contributed by atoms with Gasteiger partial charge in [0.2, 0.25) is 0 Å². The molecular formula is C12H17N3S. The van der Waals surface area contributed by atoms with Crippen LogP contribution in [0.25, 0.3) is 0 Å². The molecule has 4 N–H and O–H groups in total. The largest absolute Gasteiger partial charge is 0.399 e. The minimum Gasteiger partial charge on any atom is -0.399 e. The molecular weight excluding hydrogens is 218 g/mol. The van der Waals surface area contributed by atoms with E-state index in [0.717, 1.165) is 18.8 Å². The summed E-state index contributed by atoms with van der Waals surface area (Å²) in [4.78, 5) is 1.28. The zero-order chi connectivity index (χ0) is 11.1. The molecule has 1 aromatic rings. The summed E-state index contributed by atoms with van der Waals surface area (Å²) in [5.74, 6) is 0.596. The first-order valence-corrected chi connectivity index (χ1v) is 6.96. The Morgan fingerprint density at radius 2 is 2.31 bits per heavy atom. The summed E-state index contributed by atoms with van der Waals surface area (Å²) < 4.78 is 0. The van der Waals surface area contributed by atoms with E-state index in [-0.39, 0.29) is 0 Å². The van der Waals surface area contributed by atoms with Crippen LogP contribution in [0.1, 0.15) is 17.9 Å². The van der Waals surface area contributed by atoms with E-state index in [4.69, 9.17) is 5.73 Å². The molecule has 3 nitrogen and oxygen atoms in total. The molecule has 1 fully saturated rings. The number of nitrogens with one attached hydrogen (secondary N) is 2. The van der Waals surface area contributed by atoms with Crippen molar-refractivity contribution in [3.63, 3.8) is 0 Å². The number of rotatable bonds is 1. The summed E-state index contributed by atoms with van der Waals surface area (Å²) >= 11 is 1.77. The molecule has 1 aromatic carbocycles. The molecule has 3 rings (SSSR count). The van der Waals surface area contributed by atoms with Crippen LogP contribution in [0.15, 0.2) is 17.0 Å². The Labute approximate surface area is 100 Å². The van der Waals surface area contributed by atoms with E-state index in [9.17, 15) is 0 Å². The van der Waals surface area contributed by atoms with Gasteiger partial charge in [-0.05, 0) is 36.9 Å². The normalized spacial score (nSPS) is 27.1. The van der Waals surface area contributed by atoms with Gasteiger partial charge in [0.25, 0.3) is 0 Å². The molecule has 0 radical (unpaired) electrons. The molecule has 2 aliphatic rings. The maximum atomic E-state index is 5.97. The third-order valence-electron chi connectivity index (χ3n) is 3.59. The van der Waals surface area contributed by atoms with Crippen LogP contribution in [0.3, 0.4) is 0 Å². The van der Waals surface area contributed by atoms with E-state index < -0.39 is 0 Å². The highest BCUT2D eigenvalue weighted by Crippen LogP contribution is 2.44. The number of benzene rings is 1. The number of nitrogens with two attached hydrogens (primary N) is 1. The molecule has 0 aromatic heterocycles. The zero-order valence-electron chi connectivity index (χ0n) is 9.42. The highest BCUT2D eigenvalue weighted by atomic mass is 32.2. The Hall–Kier alpha value is -0.870. The van der Waals surface area contributed by atoms with Crippen molar-refractivity contribution in [2.45, 2.75) is 23.3 Å². The van der Waals surface area contributed by atoms with Gasteiger partial charge in [0.1, 0.15) is 0 Å². The number of fused-ring (bicyclic) bond motifs is 3. The van der Waals surface area contributed by atoms with E-state index in [1.54, 1.807) is 11.8 Å². The van der Waals surface area contributed by atoms with Crippen molar-refractivity contribution in [2.75, 3.05) is 30.4 Å². The standard InChI is InChI=1S/C12H17N3S/c1-16-11-5-7(13)4-8-9-6-14-3-2-10(9)15-12(8)11/h4-5,9-10,14-15H,2-3,6,13H2,1H3. The molecule has 2 atom stereocenters. The van der Waals surface area contributed by atoms with Crippen LogP contribution in [0.5, 0.6) is 0 Å². The Bertz CT molecular complexity index is 419. The van der Waals surface area contributed by atoms with Crippen LogP contribution in [0.2, 0.25) is 0 Å². The maximum Gasteiger partial charge on any atom is 0.0518 e. The summed E-state index contributed by atoms with van der Waals surface area (Å²) in [7, 11) is 0. The van der Waals surface area contributed by atoms with Gasteiger partial charge in [-0.1, -0.05) is 0 Å². The van der Waals surface area contributed by atoms with Crippen LogP contribution in [0.4, 0.5) is 11.4 Å². The van der Waals surface area contributed by atoms with Gasteiger partial charge in [0.15, 0.2) is 0 Å². The number of nitrogen functional groups attached to an aromatic ring is 1. The lowest BCUT2D eigenvalue weighted by Gasteiger charge is -2.26. The highest BCUT2D eigenvalue weighted by molar-refractivity contribution is 7.98. The predicted octanol–water partition coefficient (Wildman–Crippen LogP) is 1.86. The van der Waals surface area contributed by atoms with Crippen molar-refractivity contribution in [3.05, 3.63) is 17.7 Å². The second kappa shape index (κ2) is 3.86. The molecule has 2 heterocycles. The van der Waals surface area contributed by atoms with Crippen molar-refractivity contribution in [3.8, 4) is 0 Å². The van der Waals surface area contributed by atoms with Crippen molar-refractivity contribution in [2.24, 2.45) is 0 Å². The quantitative estimate of drug-likeness (QED) is 0.514. The molecule has 0 spiro atoms. The molecule has 1 saturated heterocycles. The fraction of sp³-hybridized carbons (Fsp3) is 0.500. The number of piperidine rings is 1. The van der Waals surface area contributed by atoms with Crippen LogP contribution in [0, 0.1) is 0 Å². The van der Waals surface area contributed by atoms with Gasteiger partial charge in [-0.15, -0.1) is 11.8 Å². The van der Waals surface area contributed by atoms with Gasteiger partial charge < -0.3 is 16.4 Å². The predicted molar refractivity (Wildman–Crippen MR) is 70.3 cm³/mol. The van der Waals surface area contributed by atoms with Gasteiger partial charge in [0, 0.05) is 29.1 Å². The van der Waals surface area contributed by atoms with Crippen molar-refractivity contribution in [1.82, 2.24) is 5.32 Å². The molecule has 0 amide bonds. The fourth-order valence-electron chi connectivity index (χ4n) is 2.81. The molecule has 2 unspecified atom stereocenters. The highest BCUT2D eigenvalue weighted by Gasteiger charge is 2.35. The number of hydrogen-bond donors (Lipinski definition) is 3. The summed E-state index contributed by atoms with van der Waals surface area (Å²) in [5.41, 5.74) is 9.58. The third kappa shape index (κ3) is 1.48. The Balaban J connectivity index is 2.07. The first-order chi connectivity index (χ1) is 7.79. The summed E-state index contributed by atoms with van der Waals surface area (Å²) in [6.45, 7) is 2.19. The molecule has 86 valence electrons. The van der Waals surface area contributed by atoms with Crippen LogP contribution in [-0.2, 0) is 0 Å². The second-order valence-electron chi connectivity index (χ2n) is 4.54. The van der Waals surface area contributed by atoms with E-state index in [0.29, 0.717) is 12.0 Å². The minimum absolute atomic E-state index is 0.596. The minimum atomic E-state index is 0.596. The first-order valence-electron chi connectivity index (χ1n) is 5.74. The number of thioether (sulfide) groups is 1. The number of anilines is 2. The van der Waals surface area contributed by atoms with E-state index in [2.05, 4.69) is 29.0 Å². The molecule has 0 bridgehead atoms. The van der Waals surface area contributed by atoms with Crippen molar-refractivity contribution in [1.29, 1.82) is 0 Å². The lowest BCUT2D eigenvalue weighted by atomic mass is 9.90. The molecule has 16 heavy (non-hydrogen) atoms. The van der Waals surface area contributed by atoms with Gasteiger partial charge in [-0.2, -0.15) is 0 Å². The van der Waals surface area contributed by atoms with Crippen molar-refractivity contribution < 1.29 is 0 Å². The van der Waals surface area contributed by atoms with Gasteiger partial charge in [-0.3, -0.25) is 0 Å². The second-order valence-corrected chi connectivity index (χ2v) is 5.39. The Kier molecular flexibility index (Phi) is 2.48. The molecule has 4 heteroatoms. The van der Waals surface area contributed by atoms with E-state index >= 15 is 0 Å². The van der Waals surface area contributed by atoms with Crippen molar-refractivity contribution >= 4 is 23.1 Å². The third-order valence-corrected chi connectivity index (χ3v) is 4.35. The van der Waals surface area contributed by atoms with Gasteiger partial charge >= 0.3 is 0 Å². The lowest BCUT2D eigenvalue weighted by Crippen LogP contribution is -2.38. The monoisotopic (exact) mass is 235 g/mol. The molecule has 2 aliphatic heterocycles. The Morgan fingerprint density at radius 1 is 1.44 bits per heavy atom. The zero-order valence-corrected chi connectivity index (χ0v) is 10.2. The van der Waals surface area contributed by atoms with Crippen LogP contribution in [-0.4, -0.2) is 25.4 Å². The Morgan fingerprint density at radius 3 is 3.12 bits per heavy atom. The maximum absolute atomic E-state index is 5.97. The lowest BCUT2D eigenvalue weighted by molar-refractivity contribution is 0.440. The van der Waals surface area contributed by atoms with Crippen LogP contribution < -0.4 is 16.4 Å². The fourth-order valence-corrected chi connectivity index (χ4v) is 3.45. The first kappa shape index (κ1) is 10.3. The molecule has 0 aliphatic carbocycles. The van der Waals surface area contributed by atoms with E-state index in [1.807, 2.05) is 0 Å². The summed E-state index contributed by atoms with van der Waals surface area (Å²) in [5, 5.41) is 7.13. The molecule has 0 saturated carbocycles. The summed E-state index contributed by atoms with van der Waals surface area (Å²) in [6, 6.07) is 4.81. The SMILES string of the molecule is CSc1cc(N)cc2c1NC1CCNCC21. The average molecular weight is 235 g/mol. The van der Waals surface area contributed by atoms with Crippen LogP contribution >= 0.6 is 11.8 Å². The average Bonchev–Trinajstić information content (AvgIpc) is 2.67. The van der Waals surface area contributed by atoms with E-state index in [1.165, 1.54) is 22.6 Å². The number of hydrogen-bond acceptors (Lipinski definition) is 4.